The Morgan fingerprint density at radius 2 is 1.83 bits per heavy atom. The largest absolute Gasteiger partial charge is 0.340 e. The second-order valence-corrected chi connectivity index (χ2v) is 5.23. The average molecular weight is 302 g/mol. The van der Waals surface area contributed by atoms with Gasteiger partial charge in [0, 0.05) is 16.6 Å². The number of H-pyrrole nitrogens is 1. The van der Waals surface area contributed by atoms with Crippen molar-refractivity contribution in [3.8, 4) is 0 Å². The van der Waals surface area contributed by atoms with Crippen molar-refractivity contribution in [3.05, 3.63) is 58.0 Å². The lowest BCUT2D eigenvalue weighted by molar-refractivity contribution is 1.03. The minimum absolute atomic E-state index is 0.794. The van der Waals surface area contributed by atoms with Gasteiger partial charge in [0.15, 0.2) is 5.65 Å². The summed E-state index contributed by atoms with van der Waals surface area (Å²) in [6.07, 6.45) is 0.794. The normalized spacial score (nSPS) is 11.0. The number of aryl methyl sites for hydroxylation is 1. The van der Waals surface area contributed by atoms with E-state index in [0.29, 0.717) is 0 Å². The van der Waals surface area contributed by atoms with Gasteiger partial charge in [-0.2, -0.15) is 0 Å². The lowest BCUT2D eigenvalue weighted by Crippen LogP contribution is -1.90. The molecule has 4 heteroatoms. The molecule has 0 aliphatic rings. The summed E-state index contributed by atoms with van der Waals surface area (Å²) in [5.74, 6) is 0.949. The van der Waals surface area contributed by atoms with Gasteiger partial charge in [-0.05, 0) is 36.8 Å². The molecule has 3 rings (SSSR count). The number of aromatic amines is 1. The van der Waals surface area contributed by atoms with Gasteiger partial charge in [0.2, 0.25) is 0 Å². The molecule has 0 unspecified atom stereocenters. The number of pyridine rings is 1. The summed E-state index contributed by atoms with van der Waals surface area (Å²) in [4.78, 5) is 12.2. The molecule has 0 radical (unpaired) electrons. The standard InChI is InChI=1S/C14H12BrN3/c1-9-2-7-12-14(16-9)18-13(17-12)8-10-3-5-11(15)6-4-10/h2-7H,8H2,1H3,(H,16,17,18). The molecule has 18 heavy (non-hydrogen) atoms. The van der Waals surface area contributed by atoms with Crippen LogP contribution in [-0.4, -0.2) is 15.0 Å². The van der Waals surface area contributed by atoms with Crippen LogP contribution in [-0.2, 0) is 6.42 Å². The summed E-state index contributed by atoms with van der Waals surface area (Å²) >= 11 is 3.43. The second kappa shape index (κ2) is 4.53. The Bertz CT molecular complexity index is 686. The van der Waals surface area contributed by atoms with E-state index < -0.39 is 0 Å². The maximum Gasteiger partial charge on any atom is 0.177 e. The zero-order valence-electron chi connectivity index (χ0n) is 9.94. The molecule has 3 aromatic rings. The Labute approximate surface area is 113 Å². The summed E-state index contributed by atoms with van der Waals surface area (Å²) in [7, 11) is 0. The number of benzene rings is 1. The quantitative estimate of drug-likeness (QED) is 0.785. The van der Waals surface area contributed by atoms with Crippen molar-refractivity contribution in [1.82, 2.24) is 15.0 Å². The van der Waals surface area contributed by atoms with Gasteiger partial charge < -0.3 is 4.98 Å². The van der Waals surface area contributed by atoms with E-state index in [0.717, 1.165) is 33.6 Å². The molecule has 0 fully saturated rings. The SMILES string of the molecule is Cc1ccc2[nH]c(Cc3ccc(Br)cc3)nc2n1. The molecule has 3 nitrogen and oxygen atoms in total. The molecule has 0 saturated heterocycles. The second-order valence-electron chi connectivity index (χ2n) is 4.31. The molecule has 2 heterocycles. The molecule has 0 bridgehead atoms. The fraction of sp³-hybridized carbons (Fsp3) is 0.143. The summed E-state index contributed by atoms with van der Waals surface area (Å²) < 4.78 is 1.09. The number of nitrogens with one attached hydrogen (secondary N) is 1. The van der Waals surface area contributed by atoms with Gasteiger partial charge in [0.1, 0.15) is 5.82 Å². The molecular weight excluding hydrogens is 290 g/mol. The van der Waals surface area contributed by atoms with E-state index in [1.807, 2.05) is 31.2 Å². The highest BCUT2D eigenvalue weighted by molar-refractivity contribution is 9.10. The molecule has 0 aliphatic heterocycles. The van der Waals surface area contributed by atoms with E-state index in [2.05, 4.69) is 43.0 Å². The molecule has 0 atom stereocenters. The molecule has 1 aromatic carbocycles. The molecule has 1 N–H and O–H groups in total. The predicted molar refractivity (Wildman–Crippen MR) is 75.6 cm³/mol. The summed E-state index contributed by atoms with van der Waals surface area (Å²) in [5, 5.41) is 0. The number of imidazole rings is 1. The van der Waals surface area contributed by atoms with Crippen molar-refractivity contribution in [2.45, 2.75) is 13.3 Å². The zero-order chi connectivity index (χ0) is 12.5. The van der Waals surface area contributed by atoms with Crippen molar-refractivity contribution in [1.29, 1.82) is 0 Å². The third-order valence-corrected chi connectivity index (χ3v) is 3.35. The number of rotatable bonds is 2. The number of hydrogen-bond acceptors (Lipinski definition) is 2. The van der Waals surface area contributed by atoms with Crippen LogP contribution in [0.3, 0.4) is 0 Å². The monoisotopic (exact) mass is 301 g/mol. The third-order valence-electron chi connectivity index (χ3n) is 2.82. The smallest absolute Gasteiger partial charge is 0.177 e. The van der Waals surface area contributed by atoms with Gasteiger partial charge in [-0.3, -0.25) is 0 Å². The minimum Gasteiger partial charge on any atom is -0.340 e. The molecule has 0 spiro atoms. The first kappa shape index (κ1) is 11.4. The molecule has 0 amide bonds. The Kier molecular flexibility index (Phi) is 2.88. The maximum atomic E-state index is 4.51. The van der Waals surface area contributed by atoms with Crippen LogP contribution >= 0.6 is 15.9 Å². The van der Waals surface area contributed by atoms with Crippen molar-refractivity contribution in [3.63, 3.8) is 0 Å². The van der Waals surface area contributed by atoms with Gasteiger partial charge in [-0.1, -0.05) is 28.1 Å². The van der Waals surface area contributed by atoms with Crippen LogP contribution in [0.1, 0.15) is 17.1 Å². The Balaban J connectivity index is 1.92. The topological polar surface area (TPSA) is 41.6 Å². The van der Waals surface area contributed by atoms with Crippen molar-refractivity contribution in [2.24, 2.45) is 0 Å². The lowest BCUT2D eigenvalue weighted by atomic mass is 10.1. The van der Waals surface area contributed by atoms with E-state index in [-0.39, 0.29) is 0 Å². The van der Waals surface area contributed by atoms with Crippen molar-refractivity contribution in [2.75, 3.05) is 0 Å². The fourth-order valence-corrected chi connectivity index (χ4v) is 2.18. The first-order valence-electron chi connectivity index (χ1n) is 5.77. The van der Waals surface area contributed by atoms with Crippen LogP contribution in [0.2, 0.25) is 0 Å². The van der Waals surface area contributed by atoms with E-state index in [9.17, 15) is 0 Å². The predicted octanol–water partition coefficient (Wildman–Crippen LogP) is 3.62. The molecule has 90 valence electrons. The van der Waals surface area contributed by atoms with Crippen LogP contribution in [0.25, 0.3) is 11.2 Å². The maximum absolute atomic E-state index is 4.51. The van der Waals surface area contributed by atoms with Gasteiger partial charge in [-0.15, -0.1) is 0 Å². The average Bonchev–Trinajstić information content (AvgIpc) is 2.73. The van der Waals surface area contributed by atoms with Crippen LogP contribution in [0.15, 0.2) is 40.9 Å². The molecular formula is C14H12BrN3. The van der Waals surface area contributed by atoms with Crippen molar-refractivity contribution >= 4 is 27.1 Å². The van der Waals surface area contributed by atoms with Crippen molar-refractivity contribution < 1.29 is 0 Å². The third kappa shape index (κ3) is 2.29. The van der Waals surface area contributed by atoms with E-state index >= 15 is 0 Å². The van der Waals surface area contributed by atoms with Gasteiger partial charge >= 0.3 is 0 Å². The molecule has 0 aliphatic carbocycles. The van der Waals surface area contributed by atoms with Crippen LogP contribution in [0.5, 0.6) is 0 Å². The van der Waals surface area contributed by atoms with Crippen LogP contribution in [0.4, 0.5) is 0 Å². The summed E-state index contributed by atoms with van der Waals surface area (Å²) in [5.41, 5.74) is 4.01. The Hall–Kier alpha value is -1.68. The number of halogens is 1. The van der Waals surface area contributed by atoms with Crippen LogP contribution < -0.4 is 0 Å². The Morgan fingerprint density at radius 1 is 1.06 bits per heavy atom. The lowest BCUT2D eigenvalue weighted by Gasteiger charge is -1.97. The van der Waals surface area contributed by atoms with Gasteiger partial charge in [0.25, 0.3) is 0 Å². The minimum atomic E-state index is 0.794. The first-order valence-corrected chi connectivity index (χ1v) is 6.57. The van der Waals surface area contributed by atoms with Gasteiger partial charge in [0.05, 0.1) is 5.52 Å². The summed E-state index contributed by atoms with van der Waals surface area (Å²) in [6, 6.07) is 12.3. The number of fused-ring (bicyclic) bond motifs is 1. The van der Waals surface area contributed by atoms with E-state index in [1.165, 1.54) is 5.56 Å². The fourth-order valence-electron chi connectivity index (χ4n) is 1.92. The highest BCUT2D eigenvalue weighted by Crippen LogP contribution is 2.15. The van der Waals surface area contributed by atoms with Crippen LogP contribution in [0, 0.1) is 6.92 Å². The zero-order valence-corrected chi connectivity index (χ0v) is 11.5. The summed E-state index contributed by atoms with van der Waals surface area (Å²) in [6.45, 7) is 1.97. The highest BCUT2D eigenvalue weighted by Gasteiger charge is 2.04. The molecule has 0 saturated carbocycles. The number of aromatic nitrogens is 3. The molecule has 2 aromatic heterocycles. The highest BCUT2D eigenvalue weighted by atomic mass is 79.9. The first-order chi connectivity index (χ1) is 8.70. The Morgan fingerprint density at radius 3 is 2.61 bits per heavy atom. The van der Waals surface area contributed by atoms with Gasteiger partial charge in [-0.25, -0.2) is 9.97 Å². The number of nitrogens with zero attached hydrogens (tertiary/aromatic N) is 2. The van der Waals surface area contributed by atoms with E-state index in [1.54, 1.807) is 0 Å². The van der Waals surface area contributed by atoms with E-state index in [4.69, 9.17) is 0 Å². The number of hydrogen-bond donors (Lipinski definition) is 1.